The maximum Gasteiger partial charge on any atom is 0.337 e. The molecule has 1 unspecified atom stereocenters. The van der Waals surface area contributed by atoms with Gasteiger partial charge < -0.3 is 10.1 Å². The number of carbonyl (C=O) groups is 2. The Morgan fingerprint density at radius 2 is 1.86 bits per heavy atom. The number of ether oxygens (including phenoxy) is 1. The van der Waals surface area contributed by atoms with E-state index in [9.17, 15) is 18.4 Å². The summed E-state index contributed by atoms with van der Waals surface area (Å²) < 4.78 is 33.2. The highest BCUT2D eigenvalue weighted by Crippen LogP contribution is 2.43. The smallest absolute Gasteiger partial charge is 0.337 e. The summed E-state index contributed by atoms with van der Waals surface area (Å²) in [6, 6.07) is 3.56. The molecule has 28 heavy (non-hydrogen) atoms. The number of hydrogen-bond acceptors (Lipinski definition) is 4. The molecule has 1 saturated carbocycles. The van der Waals surface area contributed by atoms with Gasteiger partial charge >= 0.3 is 5.97 Å². The number of dihydropyridines is 1. The van der Waals surface area contributed by atoms with E-state index >= 15 is 0 Å². The molecule has 1 aromatic carbocycles. The van der Waals surface area contributed by atoms with Gasteiger partial charge in [-0.1, -0.05) is 6.07 Å². The van der Waals surface area contributed by atoms with Gasteiger partial charge in [0.1, 0.15) is 6.10 Å². The topological polar surface area (TPSA) is 55.4 Å². The molecule has 0 spiro atoms. The molecule has 1 aliphatic heterocycles. The number of esters is 1. The van der Waals surface area contributed by atoms with Crippen LogP contribution in [0.1, 0.15) is 63.4 Å². The number of Topliss-reactive ketones (excluding diaryl/α,β-unsaturated/α-hetero) is 1. The van der Waals surface area contributed by atoms with Gasteiger partial charge in [-0.15, -0.1) is 0 Å². The van der Waals surface area contributed by atoms with Crippen molar-refractivity contribution in [3.63, 3.8) is 0 Å². The molecule has 1 aromatic rings. The number of halogens is 2. The maximum absolute atomic E-state index is 14.0. The molecule has 1 heterocycles. The van der Waals surface area contributed by atoms with Crippen molar-refractivity contribution in [3.8, 4) is 0 Å². The van der Waals surface area contributed by atoms with Crippen molar-refractivity contribution >= 4 is 11.8 Å². The zero-order chi connectivity index (χ0) is 19.8. The predicted octanol–water partition coefficient (Wildman–Crippen LogP) is 4.42. The predicted molar refractivity (Wildman–Crippen MR) is 99.2 cm³/mol. The highest BCUT2D eigenvalue weighted by molar-refractivity contribution is 6.03. The number of ketones is 1. The molecule has 0 aromatic heterocycles. The third kappa shape index (κ3) is 3.36. The average molecular weight is 387 g/mol. The van der Waals surface area contributed by atoms with Crippen LogP contribution >= 0.6 is 0 Å². The molecule has 148 valence electrons. The van der Waals surface area contributed by atoms with E-state index in [4.69, 9.17) is 4.74 Å². The molecule has 1 N–H and O–H groups in total. The molecule has 1 fully saturated rings. The number of nitrogens with one attached hydrogen (secondary N) is 1. The molecule has 0 saturated heterocycles. The van der Waals surface area contributed by atoms with Crippen molar-refractivity contribution in [2.75, 3.05) is 0 Å². The largest absolute Gasteiger partial charge is 0.459 e. The van der Waals surface area contributed by atoms with Crippen LogP contribution in [0.2, 0.25) is 0 Å². The molecule has 0 amide bonds. The summed E-state index contributed by atoms with van der Waals surface area (Å²) in [5.41, 5.74) is 2.54. The summed E-state index contributed by atoms with van der Waals surface area (Å²) >= 11 is 0. The Bertz CT molecular complexity index is 897. The normalized spacial score (nSPS) is 23.0. The molecule has 0 radical (unpaired) electrons. The minimum atomic E-state index is -0.998. The summed E-state index contributed by atoms with van der Waals surface area (Å²) in [7, 11) is 0. The standard InChI is InChI=1S/C22H23F2NO3/c1-12-19(22(27)28-14-5-2-3-6-14)20(13-9-10-15(23)16(24)11-13)21-17(25-12)7-4-8-18(21)26/h9-11,14,20,25H,2-8H2,1H3. The van der Waals surface area contributed by atoms with Gasteiger partial charge in [0.25, 0.3) is 0 Å². The van der Waals surface area contributed by atoms with E-state index in [1.807, 2.05) is 0 Å². The first-order valence-electron chi connectivity index (χ1n) is 9.85. The van der Waals surface area contributed by atoms with Crippen LogP contribution in [0.25, 0.3) is 0 Å². The Morgan fingerprint density at radius 1 is 1.11 bits per heavy atom. The van der Waals surface area contributed by atoms with Crippen LogP contribution in [0.4, 0.5) is 8.78 Å². The maximum atomic E-state index is 14.0. The monoisotopic (exact) mass is 387 g/mol. The molecule has 1 atom stereocenters. The van der Waals surface area contributed by atoms with E-state index in [1.54, 1.807) is 6.92 Å². The zero-order valence-corrected chi connectivity index (χ0v) is 15.8. The Labute approximate surface area is 162 Å². The highest BCUT2D eigenvalue weighted by Gasteiger charge is 2.40. The number of carbonyl (C=O) groups excluding carboxylic acids is 2. The third-order valence-electron chi connectivity index (χ3n) is 5.85. The second-order valence-corrected chi connectivity index (χ2v) is 7.75. The van der Waals surface area contributed by atoms with Crippen molar-refractivity contribution < 1.29 is 23.1 Å². The molecular formula is C22H23F2NO3. The Balaban J connectivity index is 1.78. The fourth-order valence-electron chi connectivity index (χ4n) is 4.50. The first-order valence-corrected chi connectivity index (χ1v) is 9.85. The number of benzene rings is 1. The zero-order valence-electron chi connectivity index (χ0n) is 15.8. The van der Waals surface area contributed by atoms with Crippen molar-refractivity contribution in [3.05, 3.63) is 57.9 Å². The lowest BCUT2D eigenvalue weighted by molar-refractivity contribution is -0.144. The van der Waals surface area contributed by atoms with Crippen LogP contribution < -0.4 is 5.32 Å². The summed E-state index contributed by atoms with van der Waals surface area (Å²) in [6.45, 7) is 1.76. The molecule has 3 aliphatic rings. The first kappa shape index (κ1) is 18.8. The van der Waals surface area contributed by atoms with Crippen LogP contribution in [0.5, 0.6) is 0 Å². The van der Waals surface area contributed by atoms with E-state index in [0.29, 0.717) is 35.2 Å². The van der Waals surface area contributed by atoms with Crippen molar-refractivity contribution in [1.29, 1.82) is 0 Å². The van der Waals surface area contributed by atoms with Gasteiger partial charge in [-0.25, -0.2) is 13.6 Å². The molecule has 2 aliphatic carbocycles. The van der Waals surface area contributed by atoms with Crippen LogP contribution in [-0.4, -0.2) is 17.9 Å². The number of rotatable bonds is 3. The van der Waals surface area contributed by atoms with Gasteiger partial charge in [-0.3, -0.25) is 4.79 Å². The van der Waals surface area contributed by atoms with Crippen molar-refractivity contribution in [1.82, 2.24) is 5.32 Å². The van der Waals surface area contributed by atoms with E-state index in [0.717, 1.165) is 49.9 Å². The van der Waals surface area contributed by atoms with Crippen LogP contribution in [0, 0.1) is 11.6 Å². The second kappa shape index (κ2) is 7.49. The highest BCUT2D eigenvalue weighted by atomic mass is 19.2. The summed E-state index contributed by atoms with van der Waals surface area (Å²) in [4.78, 5) is 25.8. The molecule has 0 bridgehead atoms. The lowest BCUT2D eigenvalue weighted by Gasteiger charge is -2.34. The first-order chi connectivity index (χ1) is 13.5. The van der Waals surface area contributed by atoms with E-state index < -0.39 is 23.5 Å². The molecule has 6 heteroatoms. The second-order valence-electron chi connectivity index (χ2n) is 7.75. The van der Waals surface area contributed by atoms with E-state index in [1.165, 1.54) is 6.07 Å². The van der Waals surface area contributed by atoms with Gasteiger partial charge in [0.05, 0.1) is 5.57 Å². The van der Waals surface area contributed by atoms with Crippen LogP contribution in [0.15, 0.2) is 40.7 Å². The number of allylic oxidation sites excluding steroid dienone is 3. The Hall–Kier alpha value is -2.50. The molecular weight excluding hydrogens is 364 g/mol. The lowest BCUT2D eigenvalue weighted by atomic mass is 9.75. The average Bonchev–Trinajstić information content (AvgIpc) is 3.16. The van der Waals surface area contributed by atoms with Crippen molar-refractivity contribution in [2.24, 2.45) is 0 Å². The van der Waals surface area contributed by atoms with Crippen LogP contribution in [-0.2, 0) is 14.3 Å². The fraction of sp³-hybridized carbons (Fsp3) is 0.455. The lowest BCUT2D eigenvalue weighted by Crippen LogP contribution is -2.35. The van der Waals surface area contributed by atoms with Crippen molar-refractivity contribution in [2.45, 2.75) is 63.9 Å². The van der Waals surface area contributed by atoms with Gasteiger partial charge in [0.2, 0.25) is 0 Å². The summed E-state index contributed by atoms with van der Waals surface area (Å²) in [5.74, 6) is -3.26. The fourth-order valence-corrected chi connectivity index (χ4v) is 4.50. The van der Waals surface area contributed by atoms with Gasteiger partial charge in [-0.05, 0) is 63.1 Å². The van der Waals surface area contributed by atoms with E-state index in [-0.39, 0.29) is 11.9 Å². The SMILES string of the molecule is CC1=C(C(=O)OC2CCCC2)C(c2ccc(F)c(F)c2)C2=C(CCCC2=O)N1. The molecule has 4 nitrogen and oxygen atoms in total. The van der Waals surface area contributed by atoms with Gasteiger partial charge in [0.15, 0.2) is 17.4 Å². The van der Waals surface area contributed by atoms with E-state index in [2.05, 4.69) is 5.32 Å². The third-order valence-corrected chi connectivity index (χ3v) is 5.85. The van der Waals surface area contributed by atoms with Gasteiger partial charge in [0, 0.05) is 29.3 Å². The summed E-state index contributed by atoms with van der Waals surface area (Å²) in [6.07, 6.45) is 5.36. The van der Waals surface area contributed by atoms with Crippen LogP contribution in [0.3, 0.4) is 0 Å². The minimum Gasteiger partial charge on any atom is -0.459 e. The Kier molecular flexibility index (Phi) is 5.04. The Morgan fingerprint density at radius 3 is 2.57 bits per heavy atom. The quantitative estimate of drug-likeness (QED) is 0.780. The summed E-state index contributed by atoms with van der Waals surface area (Å²) in [5, 5.41) is 3.20. The molecule has 4 rings (SSSR count). The van der Waals surface area contributed by atoms with Gasteiger partial charge in [-0.2, -0.15) is 0 Å². The number of hydrogen-bond donors (Lipinski definition) is 1. The minimum absolute atomic E-state index is 0.0675.